The first kappa shape index (κ1) is 20.5. The summed E-state index contributed by atoms with van der Waals surface area (Å²) >= 11 is 0. The molecule has 0 aromatic heterocycles. The summed E-state index contributed by atoms with van der Waals surface area (Å²) in [6.45, 7) is 1.26. The summed E-state index contributed by atoms with van der Waals surface area (Å²) in [5.41, 5.74) is 2.04. The van der Waals surface area contributed by atoms with Gasteiger partial charge in [-0.2, -0.15) is 13.2 Å². The number of carbonyl (C=O) groups is 1. The van der Waals surface area contributed by atoms with E-state index in [2.05, 4.69) is 0 Å². The molecule has 2 aliphatic rings. The van der Waals surface area contributed by atoms with Crippen molar-refractivity contribution in [2.75, 3.05) is 18.0 Å². The van der Waals surface area contributed by atoms with Gasteiger partial charge in [0.05, 0.1) is 17.2 Å². The SMILES string of the molecule is Cl.O=C1OC(Cc2ccc(C(F)(F)F)cc2)c2ccc(N3CC[C@@H](O)C3)cc21. The summed E-state index contributed by atoms with van der Waals surface area (Å²) in [7, 11) is 0. The van der Waals surface area contributed by atoms with Crippen molar-refractivity contribution in [3.05, 3.63) is 64.7 Å². The Balaban J connectivity index is 0.00000225. The van der Waals surface area contributed by atoms with Gasteiger partial charge in [-0.05, 0) is 36.2 Å². The van der Waals surface area contributed by atoms with Gasteiger partial charge in [-0.3, -0.25) is 0 Å². The molecule has 0 bridgehead atoms. The fraction of sp³-hybridized carbons (Fsp3) is 0.350. The Kier molecular flexibility index (Phi) is 5.59. The van der Waals surface area contributed by atoms with Crippen LogP contribution in [0.3, 0.4) is 0 Å². The van der Waals surface area contributed by atoms with Crippen LogP contribution in [0.15, 0.2) is 42.5 Å². The number of fused-ring (bicyclic) bond motifs is 1. The smallest absolute Gasteiger partial charge is 0.416 e. The van der Waals surface area contributed by atoms with Gasteiger partial charge in [-0.25, -0.2) is 4.79 Å². The molecule has 4 rings (SSSR count). The molecular weight excluding hydrogens is 395 g/mol. The number of nitrogens with zero attached hydrogens (tertiary/aromatic N) is 1. The number of benzene rings is 2. The highest BCUT2D eigenvalue weighted by molar-refractivity contribution is 5.95. The van der Waals surface area contributed by atoms with Crippen LogP contribution < -0.4 is 4.90 Å². The molecule has 8 heteroatoms. The summed E-state index contributed by atoms with van der Waals surface area (Å²) in [5, 5.41) is 9.68. The first-order valence-electron chi connectivity index (χ1n) is 8.75. The molecule has 2 aliphatic heterocycles. The summed E-state index contributed by atoms with van der Waals surface area (Å²) in [4.78, 5) is 14.3. The summed E-state index contributed by atoms with van der Waals surface area (Å²) in [6.07, 6.45) is -4.23. The fourth-order valence-corrected chi connectivity index (χ4v) is 3.63. The first-order valence-corrected chi connectivity index (χ1v) is 8.75. The number of hydrogen-bond acceptors (Lipinski definition) is 4. The third kappa shape index (κ3) is 3.95. The number of β-amino-alcohol motifs (C(OH)–C–C–N with tert-alkyl or cyclic N) is 1. The number of ether oxygens (including phenoxy) is 1. The molecule has 0 radical (unpaired) electrons. The summed E-state index contributed by atoms with van der Waals surface area (Å²) in [5.74, 6) is -0.427. The van der Waals surface area contributed by atoms with Crippen molar-refractivity contribution in [1.82, 2.24) is 0 Å². The van der Waals surface area contributed by atoms with Crippen molar-refractivity contribution >= 4 is 24.1 Å². The van der Waals surface area contributed by atoms with Crippen LogP contribution in [0.4, 0.5) is 18.9 Å². The Morgan fingerprint density at radius 2 is 1.86 bits per heavy atom. The standard InChI is InChI=1S/C20H18F3NO3.ClH/c21-20(22,23)13-3-1-12(2-4-13)9-18-16-6-5-14(10-17(16)19(26)27-18)24-8-7-15(25)11-24;/h1-6,10,15,18,25H,7-9,11H2;1H/t15-,18?;/m1./s1. The topological polar surface area (TPSA) is 49.8 Å². The van der Waals surface area contributed by atoms with E-state index in [4.69, 9.17) is 4.74 Å². The molecule has 1 saturated heterocycles. The lowest BCUT2D eigenvalue weighted by molar-refractivity contribution is -0.137. The van der Waals surface area contributed by atoms with E-state index in [1.54, 1.807) is 6.07 Å². The number of esters is 1. The van der Waals surface area contributed by atoms with Crippen molar-refractivity contribution in [3.63, 3.8) is 0 Å². The van der Waals surface area contributed by atoms with E-state index in [0.717, 1.165) is 29.9 Å². The first-order chi connectivity index (χ1) is 12.8. The third-order valence-corrected chi connectivity index (χ3v) is 5.08. The van der Waals surface area contributed by atoms with Gasteiger partial charge in [0.1, 0.15) is 6.10 Å². The van der Waals surface area contributed by atoms with E-state index in [1.807, 2.05) is 17.0 Å². The van der Waals surface area contributed by atoms with Crippen molar-refractivity contribution in [2.45, 2.75) is 31.2 Å². The van der Waals surface area contributed by atoms with Crippen LogP contribution in [0.2, 0.25) is 0 Å². The number of anilines is 1. The summed E-state index contributed by atoms with van der Waals surface area (Å²) < 4.78 is 43.5. The molecule has 28 heavy (non-hydrogen) atoms. The van der Waals surface area contributed by atoms with Crippen molar-refractivity contribution < 1.29 is 27.8 Å². The van der Waals surface area contributed by atoms with Gasteiger partial charge in [-0.15, -0.1) is 12.4 Å². The van der Waals surface area contributed by atoms with Crippen LogP contribution in [0.5, 0.6) is 0 Å². The largest absolute Gasteiger partial charge is 0.454 e. The van der Waals surface area contributed by atoms with Gasteiger partial charge >= 0.3 is 12.1 Å². The van der Waals surface area contributed by atoms with E-state index in [0.29, 0.717) is 30.5 Å². The van der Waals surface area contributed by atoms with Crippen molar-refractivity contribution in [2.24, 2.45) is 0 Å². The average Bonchev–Trinajstić information content (AvgIpc) is 3.18. The molecule has 4 nitrogen and oxygen atoms in total. The number of carbonyl (C=O) groups excluding carboxylic acids is 1. The van der Waals surface area contributed by atoms with Gasteiger partial charge in [0.25, 0.3) is 0 Å². The molecule has 150 valence electrons. The lowest BCUT2D eigenvalue weighted by Gasteiger charge is -2.18. The number of rotatable bonds is 3. The maximum absolute atomic E-state index is 12.7. The quantitative estimate of drug-likeness (QED) is 0.768. The van der Waals surface area contributed by atoms with Gasteiger partial charge in [-0.1, -0.05) is 18.2 Å². The zero-order valence-electron chi connectivity index (χ0n) is 14.8. The normalized spacial score (nSPS) is 21.3. The molecule has 1 unspecified atom stereocenters. The molecule has 2 atom stereocenters. The lowest BCUT2D eigenvalue weighted by Crippen LogP contribution is -2.21. The number of aliphatic hydroxyl groups excluding tert-OH is 1. The predicted octanol–water partition coefficient (Wildman–Crippen LogP) is 4.15. The molecule has 2 aromatic rings. The highest BCUT2D eigenvalue weighted by Crippen LogP contribution is 2.36. The number of cyclic esters (lactones) is 1. The Hall–Kier alpha value is -2.25. The molecule has 0 amide bonds. The summed E-state index contributed by atoms with van der Waals surface area (Å²) in [6, 6.07) is 10.4. The Labute approximate surface area is 166 Å². The molecule has 1 fully saturated rings. The Morgan fingerprint density at radius 3 is 2.46 bits per heavy atom. The van der Waals surface area contributed by atoms with Crippen LogP contribution in [-0.4, -0.2) is 30.3 Å². The average molecular weight is 414 g/mol. The number of halogens is 4. The molecule has 1 N–H and O–H groups in total. The van der Waals surface area contributed by atoms with Gasteiger partial charge in [0, 0.05) is 30.8 Å². The number of hydrogen-bond donors (Lipinski definition) is 1. The fourth-order valence-electron chi connectivity index (χ4n) is 3.63. The van der Waals surface area contributed by atoms with Gasteiger partial charge in [0.2, 0.25) is 0 Å². The minimum Gasteiger partial charge on any atom is -0.454 e. The van der Waals surface area contributed by atoms with E-state index >= 15 is 0 Å². The van der Waals surface area contributed by atoms with Crippen molar-refractivity contribution in [3.8, 4) is 0 Å². The van der Waals surface area contributed by atoms with Crippen LogP contribution in [-0.2, 0) is 17.3 Å². The van der Waals surface area contributed by atoms with Crippen LogP contribution in [0.25, 0.3) is 0 Å². The molecule has 0 spiro atoms. The second-order valence-electron chi connectivity index (χ2n) is 6.95. The number of alkyl halides is 3. The second-order valence-corrected chi connectivity index (χ2v) is 6.95. The van der Waals surface area contributed by atoms with E-state index in [-0.39, 0.29) is 18.5 Å². The maximum Gasteiger partial charge on any atom is 0.416 e. The zero-order valence-corrected chi connectivity index (χ0v) is 15.6. The minimum atomic E-state index is -4.37. The van der Waals surface area contributed by atoms with Gasteiger partial charge < -0.3 is 14.7 Å². The van der Waals surface area contributed by atoms with Crippen molar-refractivity contribution in [1.29, 1.82) is 0 Å². The van der Waals surface area contributed by atoms with Crippen LogP contribution >= 0.6 is 12.4 Å². The highest BCUT2D eigenvalue weighted by Gasteiger charge is 2.33. The molecular formula is C20H19ClF3NO3. The predicted molar refractivity (Wildman–Crippen MR) is 99.8 cm³/mol. The highest BCUT2D eigenvalue weighted by atomic mass is 35.5. The third-order valence-electron chi connectivity index (χ3n) is 5.08. The Morgan fingerprint density at radius 1 is 1.14 bits per heavy atom. The molecule has 2 aromatic carbocycles. The van der Waals surface area contributed by atoms with E-state index in [9.17, 15) is 23.1 Å². The maximum atomic E-state index is 12.7. The molecule has 2 heterocycles. The molecule has 0 aliphatic carbocycles. The minimum absolute atomic E-state index is 0. The molecule has 0 saturated carbocycles. The van der Waals surface area contributed by atoms with Crippen LogP contribution in [0, 0.1) is 0 Å². The lowest BCUT2D eigenvalue weighted by atomic mass is 9.98. The van der Waals surface area contributed by atoms with Crippen LogP contribution in [0.1, 0.15) is 39.6 Å². The second kappa shape index (κ2) is 7.64. The zero-order chi connectivity index (χ0) is 19.2. The van der Waals surface area contributed by atoms with E-state index < -0.39 is 23.8 Å². The van der Waals surface area contributed by atoms with Gasteiger partial charge in [0.15, 0.2) is 0 Å². The number of aliphatic hydroxyl groups is 1. The van der Waals surface area contributed by atoms with E-state index in [1.165, 1.54) is 12.1 Å². The Bertz CT molecular complexity index is 870. The monoisotopic (exact) mass is 413 g/mol.